The first-order chi connectivity index (χ1) is 28.8. The number of alkyl halides is 6. The topological polar surface area (TPSA) is 64.5 Å². The molecule has 0 spiro atoms. The summed E-state index contributed by atoms with van der Waals surface area (Å²) in [5, 5.41) is 2.33. The summed E-state index contributed by atoms with van der Waals surface area (Å²) in [7, 11) is 0. The van der Waals surface area contributed by atoms with Crippen molar-refractivity contribution in [2.24, 2.45) is 0 Å². The zero-order valence-corrected chi connectivity index (χ0v) is 34.5. The highest BCUT2D eigenvalue weighted by Gasteiger charge is 2.31. The predicted octanol–water partition coefficient (Wildman–Crippen LogP) is 9.97. The molecule has 6 aromatic rings. The lowest BCUT2D eigenvalue weighted by Gasteiger charge is -2.34. The quantitative estimate of drug-likeness (QED) is 0.126. The van der Waals surface area contributed by atoms with E-state index >= 15 is 0 Å². The highest BCUT2D eigenvalue weighted by molar-refractivity contribution is 7.10. The molecule has 0 unspecified atom stereocenters. The number of rotatable bonds is 10. The molecule has 4 aromatic carbocycles. The van der Waals surface area contributed by atoms with Crippen LogP contribution in [0.4, 0.5) is 41.0 Å². The summed E-state index contributed by atoms with van der Waals surface area (Å²) in [5.41, 5.74) is 1.76. The molecule has 2 aliphatic heterocycles. The molecule has 0 bridgehead atoms. The van der Waals surface area contributed by atoms with Gasteiger partial charge in [0.25, 0.3) is 0 Å². The fraction of sp³-hybridized carbons (Fsp3) is 0.333. The van der Waals surface area contributed by atoms with Crippen LogP contribution in [0.3, 0.4) is 0 Å². The van der Waals surface area contributed by atoms with Crippen LogP contribution in [0.5, 0.6) is 0 Å². The zero-order valence-electron chi connectivity index (χ0n) is 32.1. The molecule has 2 fully saturated rings. The maximum atomic E-state index is 13.4. The van der Waals surface area contributed by atoms with E-state index in [9.17, 15) is 30.7 Å². The van der Waals surface area contributed by atoms with E-state index in [4.69, 9.17) is 11.6 Å². The average Bonchev–Trinajstić information content (AvgIpc) is 3.95. The normalized spacial score (nSPS) is 15.5. The molecule has 2 aromatic heterocycles. The van der Waals surface area contributed by atoms with Crippen LogP contribution < -0.4 is 9.80 Å². The Kier molecular flexibility index (Phi) is 14.0. The minimum absolute atomic E-state index is 0.321. The Morgan fingerprint density at radius 1 is 0.533 bits per heavy atom. The molecule has 2 saturated heterocycles. The predicted molar refractivity (Wildman–Crippen MR) is 223 cm³/mol. The summed E-state index contributed by atoms with van der Waals surface area (Å²) in [6.07, 6.45) is -7.44. The van der Waals surface area contributed by atoms with Gasteiger partial charge in [0.15, 0.2) is 11.6 Å². The summed E-state index contributed by atoms with van der Waals surface area (Å²) >= 11 is 8.71. The van der Waals surface area contributed by atoms with Crippen molar-refractivity contribution < 1.29 is 30.7 Å². The summed E-state index contributed by atoms with van der Waals surface area (Å²) in [4.78, 5) is 18.0. The Bertz CT molecular complexity index is 2160. The second kappa shape index (κ2) is 19.4. The van der Waals surface area contributed by atoms with Gasteiger partial charge < -0.3 is 9.80 Å². The molecular formula is C42H40ClF7N8S2. The molecule has 60 heavy (non-hydrogen) atoms. The van der Waals surface area contributed by atoms with E-state index < -0.39 is 23.5 Å². The third-order valence-electron chi connectivity index (χ3n) is 10.2. The van der Waals surface area contributed by atoms with Crippen LogP contribution in [-0.2, 0) is 25.2 Å². The van der Waals surface area contributed by atoms with Gasteiger partial charge in [0, 0.05) is 105 Å². The molecular weight excluding hydrogens is 849 g/mol. The van der Waals surface area contributed by atoms with E-state index in [0.29, 0.717) is 52.7 Å². The van der Waals surface area contributed by atoms with Crippen molar-refractivity contribution in [3.8, 4) is 22.8 Å². The van der Waals surface area contributed by atoms with Crippen molar-refractivity contribution in [3.05, 3.63) is 130 Å². The standard InChI is InChI=1S/C21H20ClF3N4S.C21H20F4N4S/c2*22-18-6-2-4-16(14-18)19-26-20(30-27-19)29-11-9-28(10-12-29)8-7-15-3-1-5-17(13-15)21(23,24)25/h2*1-6,13-14H,7-12H2. The smallest absolute Gasteiger partial charge is 0.344 e. The number of nitrogens with zero attached hydrogens (tertiary/aromatic N) is 8. The maximum absolute atomic E-state index is 13.4. The van der Waals surface area contributed by atoms with E-state index in [2.05, 4.69) is 38.3 Å². The Hall–Kier alpha value is -4.68. The van der Waals surface area contributed by atoms with Crippen LogP contribution in [-0.4, -0.2) is 94.0 Å². The number of hydrogen-bond donors (Lipinski definition) is 0. The van der Waals surface area contributed by atoms with Gasteiger partial charge in [0.1, 0.15) is 5.82 Å². The lowest BCUT2D eigenvalue weighted by Crippen LogP contribution is -2.47. The van der Waals surface area contributed by atoms with Gasteiger partial charge in [0.2, 0.25) is 10.3 Å². The number of anilines is 2. The van der Waals surface area contributed by atoms with Crippen LogP contribution in [0.15, 0.2) is 97.1 Å². The summed E-state index contributed by atoms with van der Waals surface area (Å²) in [6, 6.07) is 24.8. The molecule has 8 nitrogen and oxygen atoms in total. The average molecular weight is 889 g/mol. The summed E-state index contributed by atoms with van der Waals surface area (Å²) < 4.78 is 99.4. The van der Waals surface area contributed by atoms with Crippen molar-refractivity contribution in [2.75, 3.05) is 75.2 Å². The lowest BCUT2D eigenvalue weighted by atomic mass is 10.1. The number of hydrogen-bond acceptors (Lipinski definition) is 10. The third kappa shape index (κ3) is 11.8. The van der Waals surface area contributed by atoms with Gasteiger partial charge in [0.05, 0.1) is 11.1 Å². The molecule has 18 heteroatoms. The molecule has 316 valence electrons. The minimum atomic E-state index is -4.31. The highest BCUT2D eigenvalue weighted by atomic mass is 35.5. The summed E-state index contributed by atoms with van der Waals surface area (Å²) in [5.74, 6) is 0.865. The Labute approximate surface area is 356 Å². The molecule has 0 amide bonds. The molecule has 0 aliphatic carbocycles. The number of benzene rings is 4. The monoisotopic (exact) mass is 888 g/mol. The van der Waals surface area contributed by atoms with Crippen LogP contribution in [0.1, 0.15) is 22.3 Å². The molecule has 2 aliphatic rings. The van der Waals surface area contributed by atoms with Gasteiger partial charge in [-0.1, -0.05) is 72.3 Å². The van der Waals surface area contributed by atoms with Crippen LogP contribution >= 0.6 is 34.7 Å². The maximum Gasteiger partial charge on any atom is 0.416 e. The van der Waals surface area contributed by atoms with E-state index in [1.807, 2.05) is 24.3 Å². The first-order valence-electron chi connectivity index (χ1n) is 19.2. The lowest BCUT2D eigenvalue weighted by molar-refractivity contribution is -0.138. The first-order valence-corrected chi connectivity index (χ1v) is 21.2. The molecule has 0 radical (unpaired) electrons. The van der Waals surface area contributed by atoms with Crippen LogP contribution in [0.2, 0.25) is 5.02 Å². The fourth-order valence-electron chi connectivity index (χ4n) is 6.88. The molecule has 0 N–H and O–H groups in total. The van der Waals surface area contributed by atoms with Crippen molar-refractivity contribution in [1.82, 2.24) is 28.5 Å². The van der Waals surface area contributed by atoms with Crippen molar-refractivity contribution in [1.29, 1.82) is 0 Å². The van der Waals surface area contributed by atoms with Crippen molar-refractivity contribution >= 4 is 44.9 Å². The van der Waals surface area contributed by atoms with Gasteiger partial charge in [-0.05, 0) is 60.4 Å². The molecule has 0 atom stereocenters. The van der Waals surface area contributed by atoms with Gasteiger partial charge in [-0.15, -0.1) is 0 Å². The SMILES string of the molecule is FC(F)(F)c1cccc(CCN2CCN(c3nc(-c4cccc(Cl)c4)ns3)CC2)c1.Fc1cccc(-c2nsc(N3CCN(CCc4cccc(C(F)(F)F)c4)CC3)n2)c1. The van der Waals surface area contributed by atoms with Gasteiger partial charge >= 0.3 is 12.4 Å². The largest absolute Gasteiger partial charge is 0.416 e. The van der Waals surface area contributed by atoms with E-state index in [-0.39, 0.29) is 5.82 Å². The number of aromatic nitrogens is 4. The summed E-state index contributed by atoms with van der Waals surface area (Å²) in [6.45, 7) is 7.87. The minimum Gasteiger partial charge on any atom is -0.344 e. The van der Waals surface area contributed by atoms with Gasteiger partial charge in [-0.25, -0.2) is 4.39 Å². The second-order valence-corrected chi connectivity index (χ2v) is 16.3. The fourth-order valence-corrected chi connectivity index (χ4v) is 8.55. The van der Waals surface area contributed by atoms with Crippen LogP contribution in [0.25, 0.3) is 22.8 Å². The zero-order chi connectivity index (χ0) is 42.3. The van der Waals surface area contributed by atoms with Crippen LogP contribution in [0, 0.1) is 5.82 Å². The second-order valence-electron chi connectivity index (χ2n) is 14.4. The molecule has 4 heterocycles. The first kappa shape index (κ1) is 43.4. The highest BCUT2D eigenvalue weighted by Crippen LogP contribution is 2.32. The van der Waals surface area contributed by atoms with E-state index in [1.54, 1.807) is 24.3 Å². The molecule has 0 saturated carbocycles. The van der Waals surface area contributed by atoms with Gasteiger partial charge in [-0.2, -0.15) is 45.1 Å². The number of halogens is 8. The van der Waals surface area contributed by atoms with E-state index in [0.717, 1.165) is 86.9 Å². The Morgan fingerprint density at radius 3 is 1.40 bits per heavy atom. The van der Waals surface area contributed by atoms with Gasteiger partial charge in [-0.3, -0.25) is 9.80 Å². The Balaban J connectivity index is 0.000000181. The Morgan fingerprint density at radius 2 is 0.967 bits per heavy atom. The van der Waals surface area contributed by atoms with E-state index in [1.165, 1.54) is 59.5 Å². The third-order valence-corrected chi connectivity index (χ3v) is 12.0. The van der Waals surface area contributed by atoms with Crippen molar-refractivity contribution in [2.45, 2.75) is 25.2 Å². The molecule has 8 rings (SSSR count). The van der Waals surface area contributed by atoms with Crippen molar-refractivity contribution in [3.63, 3.8) is 0 Å². The number of piperazine rings is 2.